The quantitative estimate of drug-likeness (QED) is 0.767. The zero-order valence-corrected chi connectivity index (χ0v) is 8.87. The summed E-state index contributed by atoms with van der Waals surface area (Å²) in [5, 5.41) is 8.28. The molecule has 0 fully saturated rings. The third-order valence-electron chi connectivity index (χ3n) is 1.61. The summed E-state index contributed by atoms with van der Waals surface area (Å²) in [6.45, 7) is 1.67. The van der Waals surface area contributed by atoms with Gasteiger partial charge >= 0.3 is 0 Å². The van der Waals surface area contributed by atoms with Gasteiger partial charge in [0.15, 0.2) is 5.75 Å². The second-order valence-corrected chi connectivity index (χ2v) is 4.68. The van der Waals surface area contributed by atoms with Crippen LogP contribution >= 0.6 is 0 Å². The molecule has 0 aliphatic carbocycles. The maximum absolute atomic E-state index is 11.2. The molecule has 6 nitrogen and oxygen atoms in total. The highest BCUT2D eigenvalue weighted by atomic mass is 32.2. The zero-order chi connectivity index (χ0) is 11.5. The van der Waals surface area contributed by atoms with E-state index in [9.17, 15) is 8.42 Å². The van der Waals surface area contributed by atoms with Crippen LogP contribution in [0.3, 0.4) is 0 Å². The first-order valence-electron chi connectivity index (χ1n) is 4.04. The fraction of sp³-hybridized carbons (Fsp3) is 0.250. The van der Waals surface area contributed by atoms with Gasteiger partial charge in [-0.3, -0.25) is 4.72 Å². The van der Waals surface area contributed by atoms with Gasteiger partial charge in [-0.25, -0.2) is 13.4 Å². The Hall–Kier alpha value is -1.81. The van der Waals surface area contributed by atoms with Gasteiger partial charge in [-0.05, 0) is 18.6 Å². The maximum atomic E-state index is 11.2. The molecule has 7 heteroatoms. The third-order valence-corrected chi connectivity index (χ3v) is 2.62. The van der Waals surface area contributed by atoms with E-state index in [1.54, 1.807) is 19.1 Å². The van der Waals surface area contributed by atoms with Crippen LogP contribution in [0.25, 0.3) is 0 Å². The summed E-state index contributed by atoms with van der Waals surface area (Å²) in [4.78, 5) is 3.82. The molecule has 0 aliphatic heterocycles. The van der Waals surface area contributed by atoms with Gasteiger partial charge in [-0.1, -0.05) is 0 Å². The lowest BCUT2D eigenvalue weighted by atomic mass is 10.3. The van der Waals surface area contributed by atoms with Crippen molar-refractivity contribution < 1.29 is 8.42 Å². The zero-order valence-electron chi connectivity index (χ0n) is 8.06. The van der Waals surface area contributed by atoms with E-state index < -0.39 is 15.8 Å². The third kappa shape index (κ3) is 3.11. The first kappa shape index (κ1) is 11.3. The fourth-order valence-electron chi connectivity index (χ4n) is 0.972. The Morgan fingerprint density at radius 2 is 2.33 bits per heavy atom. The number of anilines is 2. The van der Waals surface area contributed by atoms with E-state index in [0.717, 1.165) is 0 Å². The number of hydrogen-bond acceptors (Lipinski definition) is 5. The molecular formula is C8H10N4O2S. The molecule has 0 saturated carbocycles. The Bertz CT molecular complexity index is 504. The Kier molecular flexibility index (Phi) is 3.11. The summed E-state index contributed by atoms with van der Waals surface area (Å²) in [7, 11) is -3.63. The molecule has 0 amide bonds. The molecule has 0 aromatic carbocycles. The van der Waals surface area contributed by atoms with E-state index in [-0.39, 0.29) is 5.82 Å². The highest BCUT2D eigenvalue weighted by Crippen LogP contribution is 2.15. The van der Waals surface area contributed by atoms with Crippen LogP contribution in [0.5, 0.6) is 0 Å². The van der Waals surface area contributed by atoms with Crippen LogP contribution in [0.2, 0.25) is 0 Å². The SMILES string of the molecule is Cc1cc(N)cnc1NS(=O)(=O)CC#N. The van der Waals surface area contributed by atoms with Crippen LogP contribution in [0, 0.1) is 18.3 Å². The minimum Gasteiger partial charge on any atom is -0.397 e. The van der Waals surface area contributed by atoms with Crippen LogP contribution in [0.4, 0.5) is 11.5 Å². The van der Waals surface area contributed by atoms with E-state index in [1.165, 1.54) is 6.20 Å². The van der Waals surface area contributed by atoms with Crippen molar-refractivity contribution in [3.63, 3.8) is 0 Å². The molecule has 0 bridgehead atoms. The predicted molar refractivity (Wildman–Crippen MR) is 56.4 cm³/mol. The maximum Gasteiger partial charge on any atom is 0.247 e. The molecule has 15 heavy (non-hydrogen) atoms. The van der Waals surface area contributed by atoms with Crippen molar-refractivity contribution in [1.29, 1.82) is 5.26 Å². The highest BCUT2D eigenvalue weighted by molar-refractivity contribution is 7.92. The number of nitrogens with zero attached hydrogens (tertiary/aromatic N) is 2. The van der Waals surface area contributed by atoms with Crippen LogP contribution in [-0.2, 0) is 10.0 Å². The summed E-state index contributed by atoms with van der Waals surface area (Å²) < 4.78 is 24.7. The second-order valence-electron chi connectivity index (χ2n) is 2.95. The smallest absolute Gasteiger partial charge is 0.247 e. The number of sulfonamides is 1. The summed E-state index contributed by atoms with van der Waals surface area (Å²) in [6, 6.07) is 3.15. The Balaban J connectivity index is 2.96. The van der Waals surface area contributed by atoms with Crippen molar-refractivity contribution in [3.8, 4) is 6.07 Å². The van der Waals surface area contributed by atoms with Crippen molar-refractivity contribution >= 4 is 21.5 Å². The second kappa shape index (κ2) is 4.14. The van der Waals surface area contributed by atoms with Gasteiger partial charge in [0.1, 0.15) is 5.82 Å². The number of nitrogens with one attached hydrogen (secondary N) is 1. The topological polar surface area (TPSA) is 109 Å². The van der Waals surface area contributed by atoms with Crippen molar-refractivity contribution in [1.82, 2.24) is 4.98 Å². The summed E-state index contributed by atoms with van der Waals surface area (Å²) >= 11 is 0. The van der Waals surface area contributed by atoms with E-state index >= 15 is 0 Å². The first-order valence-corrected chi connectivity index (χ1v) is 5.69. The molecule has 0 atom stereocenters. The summed E-state index contributed by atoms with van der Waals surface area (Å²) in [5.74, 6) is -0.405. The normalized spacial score (nSPS) is 10.7. The molecule has 0 spiro atoms. The Morgan fingerprint density at radius 1 is 1.67 bits per heavy atom. The van der Waals surface area contributed by atoms with Crippen LogP contribution in [0.1, 0.15) is 5.56 Å². The number of aryl methyl sites for hydroxylation is 1. The van der Waals surface area contributed by atoms with Crippen LogP contribution in [0.15, 0.2) is 12.3 Å². The van der Waals surface area contributed by atoms with Gasteiger partial charge in [0.2, 0.25) is 10.0 Å². The molecule has 80 valence electrons. The van der Waals surface area contributed by atoms with Gasteiger partial charge < -0.3 is 5.73 Å². The first-order chi connectivity index (χ1) is 6.94. The number of rotatable bonds is 3. The lowest BCUT2D eigenvalue weighted by Gasteiger charge is -2.07. The molecular weight excluding hydrogens is 216 g/mol. The monoisotopic (exact) mass is 226 g/mol. The van der Waals surface area contributed by atoms with Crippen molar-refractivity contribution in [2.75, 3.05) is 16.2 Å². The molecule has 0 aliphatic rings. The van der Waals surface area contributed by atoms with E-state index in [2.05, 4.69) is 9.71 Å². The fourth-order valence-corrected chi connectivity index (χ4v) is 1.72. The van der Waals surface area contributed by atoms with E-state index in [0.29, 0.717) is 11.3 Å². The van der Waals surface area contributed by atoms with Gasteiger partial charge in [0.05, 0.1) is 18.0 Å². The minimum absolute atomic E-state index is 0.194. The molecule has 1 aromatic heterocycles. The highest BCUT2D eigenvalue weighted by Gasteiger charge is 2.11. The average molecular weight is 226 g/mol. The number of nitrogen functional groups attached to an aromatic ring is 1. The van der Waals surface area contributed by atoms with E-state index in [1.807, 2.05) is 0 Å². The molecule has 1 aromatic rings. The standard InChI is InChI=1S/C8H10N4O2S/c1-6-4-7(10)5-11-8(6)12-15(13,14)3-2-9/h4-5H,3,10H2,1H3,(H,11,12). The van der Waals surface area contributed by atoms with E-state index in [4.69, 9.17) is 11.0 Å². The Labute approximate surface area is 87.8 Å². The number of pyridine rings is 1. The molecule has 0 saturated heterocycles. The number of hydrogen-bond donors (Lipinski definition) is 2. The lowest BCUT2D eigenvalue weighted by molar-refractivity contribution is 0.604. The minimum atomic E-state index is -3.63. The lowest BCUT2D eigenvalue weighted by Crippen LogP contribution is -2.17. The van der Waals surface area contributed by atoms with Crippen molar-refractivity contribution in [2.45, 2.75) is 6.92 Å². The predicted octanol–water partition coefficient (Wildman–Crippen LogP) is 0.237. The van der Waals surface area contributed by atoms with Gasteiger partial charge in [-0.2, -0.15) is 5.26 Å². The molecule has 1 heterocycles. The largest absolute Gasteiger partial charge is 0.397 e. The van der Waals surface area contributed by atoms with Crippen molar-refractivity contribution in [2.24, 2.45) is 0 Å². The number of aromatic nitrogens is 1. The van der Waals surface area contributed by atoms with Crippen molar-refractivity contribution in [3.05, 3.63) is 17.8 Å². The molecule has 0 unspecified atom stereocenters. The number of nitriles is 1. The van der Waals surface area contributed by atoms with Crippen LogP contribution < -0.4 is 10.5 Å². The summed E-state index contributed by atoms with van der Waals surface area (Å²) in [5.41, 5.74) is 6.52. The molecule has 1 rings (SSSR count). The Morgan fingerprint density at radius 3 is 2.87 bits per heavy atom. The van der Waals surface area contributed by atoms with Crippen LogP contribution in [-0.4, -0.2) is 19.2 Å². The van der Waals surface area contributed by atoms with Gasteiger partial charge in [-0.15, -0.1) is 0 Å². The molecule has 3 N–H and O–H groups in total. The van der Waals surface area contributed by atoms with Gasteiger partial charge in [0, 0.05) is 0 Å². The van der Waals surface area contributed by atoms with Gasteiger partial charge in [0.25, 0.3) is 0 Å². The number of nitrogens with two attached hydrogens (primary N) is 1. The molecule has 0 radical (unpaired) electrons. The average Bonchev–Trinajstić information content (AvgIpc) is 2.09. The summed E-state index contributed by atoms with van der Waals surface area (Å²) in [6.07, 6.45) is 1.34.